The molecule has 0 bridgehead atoms. The van der Waals surface area contributed by atoms with Gasteiger partial charge in [-0.05, 0) is 85.6 Å². The third kappa shape index (κ3) is 9.03. The lowest BCUT2D eigenvalue weighted by Gasteiger charge is -2.34. The molecule has 0 radical (unpaired) electrons. The standard InChI is InChI=1S/C34H34BrCl2N3O5S/c1-3-38-34(42)32(21-24-8-6-5-7-9-24)39(22-25-10-19-30(36)31(37)20-25)33(41)23-40(27-13-15-28(16-14-27)45-4-2)46(43,44)29-17-11-26(35)12-18-29/h5-20,32H,3-4,21-23H2,1-2H3,(H,38,42)/t32-/m0/s1. The number of carbonyl (C=O) groups is 2. The molecular weight excluding hydrogens is 713 g/mol. The molecule has 0 fully saturated rings. The number of benzene rings is 4. The summed E-state index contributed by atoms with van der Waals surface area (Å²) in [7, 11) is -4.24. The Balaban J connectivity index is 1.80. The summed E-state index contributed by atoms with van der Waals surface area (Å²) in [6, 6.07) is 25.9. The van der Waals surface area contributed by atoms with Crippen LogP contribution in [-0.4, -0.2) is 50.9 Å². The molecule has 0 saturated heterocycles. The number of hydrogen-bond donors (Lipinski definition) is 1. The van der Waals surface area contributed by atoms with Crippen molar-refractivity contribution in [2.75, 3.05) is 24.0 Å². The van der Waals surface area contributed by atoms with Gasteiger partial charge >= 0.3 is 0 Å². The number of likely N-dealkylation sites (N-methyl/N-ethyl adjacent to an activating group) is 1. The number of hydrogen-bond acceptors (Lipinski definition) is 5. The SMILES string of the molecule is CCNC(=O)[C@H](Cc1ccccc1)N(Cc1ccc(Cl)c(Cl)c1)C(=O)CN(c1ccc(OCC)cc1)S(=O)(=O)c1ccc(Br)cc1. The van der Waals surface area contributed by atoms with Gasteiger partial charge in [0.15, 0.2) is 0 Å². The summed E-state index contributed by atoms with van der Waals surface area (Å²) in [4.78, 5) is 29.5. The predicted octanol–water partition coefficient (Wildman–Crippen LogP) is 7.13. The van der Waals surface area contributed by atoms with Crippen LogP contribution in [0, 0.1) is 0 Å². The Bertz CT molecular complexity index is 1740. The summed E-state index contributed by atoms with van der Waals surface area (Å²) in [5.41, 5.74) is 1.71. The average Bonchev–Trinajstić information content (AvgIpc) is 3.04. The minimum Gasteiger partial charge on any atom is -0.494 e. The minimum atomic E-state index is -4.24. The highest BCUT2D eigenvalue weighted by atomic mass is 79.9. The second-order valence-corrected chi connectivity index (χ2v) is 13.9. The van der Waals surface area contributed by atoms with Gasteiger partial charge in [-0.25, -0.2) is 8.42 Å². The first-order chi connectivity index (χ1) is 22.0. The fraction of sp³-hybridized carbons (Fsp3) is 0.235. The Morgan fingerprint density at radius 3 is 2.15 bits per heavy atom. The van der Waals surface area contributed by atoms with Crippen molar-refractivity contribution in [1.82, 2.24) is 10.2 Å². The topological polar surface area (TPSA) is 96.0 Å². The van der Waals surface area contributed by atoms with Crippen molar-refractivity contribution in [2.24, 2.45) is 0 Å². The molecular formula is C34H34BrCl2N3O5S. The van der Waals surface area contributed by atoms with E-state index in [0.717, 1.165) is 9.87 Å². The van der Waals surface area contributed by atoms with E-state index in [2.05, 4.69) is 21.2 Å². The van der Waals surface area contributed by atoms with Crippen LogP contribution in [0.15, 0.2) is 106 Å². The molecule has 0 aliphatic rings. The van der Waals surface area contributed by atoms with Crippen molar-refractivity contribution in [3.63, 3.8) is 0 Å². The average molecular weight is 748 g/mol. The first-order valence-corrected chi connectivity index (χ1v) is 17.6. The quantitative estimate of drug-likeness (QED) is 0.148. The highest BCUT2D eigenvalue weighted by Crippen LogP contribution is 2.29. The van der Waals surface area contributed by atoms with Crippen molar-refractivity contribution in [3.8, 4) is 5.75 Å². The van der Waals surface area contributed by atoms with Gasteiger partial charge in [0, 0.05) is 24.0 Å². The maximum atomic E-state index is 14.5. The molecule has 2 amide bonds. The van der Waals surface area contributed by atoms with E-state index in [1.165, 1.54) is 17.0 Å². The van der Waals surface area contributed by atoms with Crippen molar-refractivity contribution in [1.29, 1.82) is 0 Å². The second kappa shape index (κ2) is 16.3. The lowest BCUT2D eigenvalue weighted by molar-refractivity contribution is -0.140. The third-order valence-corrected chi connectivity index (χ3v) is 10.1. The molecule has 4 aromatic rings. The van der Waals surface area contributed by atoms with Crippen LogP contribution < -0.4 is 14.4 Å². The van der Waals surface area contributed by atoms with E-state index in [1.807, 2.05) is 37.3 Å². The van der Waals surface area contributed by atoms with E-state index in [0.29, 0.717) is 34.0 Å². The van der Waals surface area contributed by atoms with Gasteiger partial charge in [-0.15, -0.1) is 0 Å². The van der Waals surface area contributed by atoms with E-state index >= 15 is 0 Å². The molecule has 4 rings (SSSR count). The van der Waals surface area contributed by atoms with Crippen molar-refractivity contribution in [2.45, 2.75) is 37.8 Å². The molecule has 12 heteroatoms. The molecule has 8 nitrogen and oxygen atoms in total. The molecule has 4 aromatic carbocycles. The van der Waals surface area contributed by atoms with Crippen molar-refractivity contribution < 1.29 is 22.7 Å². The Labute approximate surface area is 288 Å². The zero-order chi connectivity index (χ0) is 33.3. The molecule has 1 atom stereocenters. The highest BCUT2D eigenvalue weighted by Gasteiger charge is 2.34. The van der Waals surface area contributed by atoms with Gasteiger partial charge in [-0.2, -0.15) is 0 Å². The van der Waals surface area contributed by atoms with Gasteiger partial charge in [0.2, 0.25) is 11.8 Å². The van der Waals surface area contributed by atoms with Gasteiger partial charge in [-0.1, -0.05) is 75.5 Å². The molecule has 46 heavy (non-hydrogen) atoms. The van der Waals surface area contributed by atoms with Crippen LogP contribution in [0.1, 0.15) is 25.0 Å². The van der Waals surface area contributed by atoms with Crippen molar-refractivity contribution >= 4 is 66.7 Å². The van der Waals surface area contributed by atoms with Crippen LogP contribution in [0.4, 0.5) is 5.69 Å². The van der Waals surface area contributed by atoms with Crippen LogP contribution in [0.2, 0.25) is 10.0 Å². The summed E-state index contributed by atoms with van der Waals surface area (Å²) in [5, 5.41) is 3.47. The zero-order valence-electron chi connectivity index (χ0n) is 25.3. The molecule has 0 heterocycles. The van der Waals surface area contributed by atoms with E-state index in [-0.39, 0.29) is 34.5 Å². The van der Waals surface area contributed by atoms with Gasteiger partial charge in [-0.3, -0.25) is 13.9 Å². The first-order valence-electron chi connectivity index (χ1n) is 14.6. The Hall–Kier alpha value is -3.57. The van der Waals surface area contributed by atoms with Crippen LogP contribution in [0.3, 0.4) is 0 Å². The molecule has 0 aromatic heterocycles. The molecule has 1 N–H and O–H groups in total. The summed E-state index contributed by atoms with van der Waals surface area (Å²) in [6.07, 6.45) is 0.197. The summed E-state index contributed by atoms with van der Waals surface area (Å²) >= 11 is 15.8. The molecule has 242 valence electrons. The van der Waals surface area contributed by atoms with E-state index in [9.17, 15) is 18.0 Å². The summed E-state index contributed by atoms with van der Waals surface area (Å²) < 4.78 is 35.6. The number of nitrogens with one attached hydrogen (secondary N) is 1. The van der Waals surface area contributed by atoms with Gasteiger partial charge < -0.3 is 15.0 Å². The number of halogens is 3. The number of amides is 2. The molecule has 0 aliphatic heterocycles. The molecule has 0 unspecified atom stereocenters. The molecule has 0 saturated carbocycles. The highest BCUT2D eigenvalue weighted by molar-refractivity contribution is 9.10. The van der Waals surface area contributed by atoms with E-state index < -0.39 is 28.5 Å². The fourth-order valence-electron chi connectivity index (χ4n) is 4.82. The van der Waals surface area contributed by atoms with Crippen LogP contribution in [-0.2, 0) is 32.6 Å². The maximum absolute atomic E-state index is 14.5. The fourth-order valence-corrected chi connectivity index (χ4v) is 6.82. The Morgan fingerprint density at radius 2 is 1.54 bits per heavy atom. The van der Waals surface area contributed by atoms with Gasteiger partial charge in [0.05, 0.1) is 27.2 Å². The lowest BCUT2D eigenvalue weighted by atomic mass is 10.0. The number of carbonyl (C=O) groups excluding carboxylic acids is 2. The second-order valence-electron chi connectivity index (χ2n) is 10.3. The number of rotatable bonds is 14. The zero-order valence-corrected chi connectivity index (χ0v) is 29.2. The van der Waals surface area contributed by atoms with Crippen LogP contribution in [0.5, 0.6) is 5.75 Å². The maximum Gasteiger partial charge on any atom is 0.264 e. The monoisotopic (exact) mass is 745 g/mol. The van der Waals surface area contributed by atoms with Crippen LogP contribution >= 0.6 is 39.1 Å². The number of ether oxygens (including phenoxy) is 1. The van der Waals surface area contributed by atoms with E-state index in [1.54, 1.807) is 61.5 Å². The van der Waals surface area contributed by atoms with Gasteiger partial charge in [0.1, 0.15) is 18.3 Å². The van der Waals surface area contributed by atoms with Gasteiger partial charge in [0.25, 0.3) is 10.0 Å². The summed E-state index contributed by atoms with van der Waals surface area (Å²) in [5.74, 6) is -0.407. The molecule has 0 spiro atoms. The number of anilines is 1. The smallest absolute Gasteiger partial charge is 0.264 e. The minimum absolute atomic E-state index is 0.00187. The molecule has 0 aliphatic carbocycles. The number of nitrogens with zero attached hydrogens (tertiary/aromatic N) is 2. The summed E-state index contributed by atoms with van der Waals surface area (Å²) in [6.45, 7) is 3.80. The lowest BCUT2D eigenvalue weighted by Crippen LogP contribution is -2.53. The normalized spacial score (nSPS) is 11.8. The van der Waals surface area contributed by atoms with E-state index in [4.69, 9.17) is 27.9 Å². The predicted molar refractivity (Wildman–Crippen MR) is 186 cm³/mol. The van der Waals surface area contributed by atoms with Crippen molar-refractivity contribution in [3.05, 3.63) is 123 Å². The van der Waals surface area contributed by atoms with Crippen LogP contribution in [0.25, 0.3) is 0 Å². The third-order valence-electron chi connectivity index (χ3n) is 7.08. The Kier molecular flexibility index (Phi) is 12.5. The largest absolute Gasteiger partial charge is 0.494 e. The first kappa shape index (κ1) is 35.3. The Morgan fingerprint density at radius 1 is 0.870 bits per heavy atom. The number of sulfonamides is 1.